The Balaban J connectivity index is 1.96. The molecule has 1 saturated heterocycles. The number of aryl methyl sites for hydroxylation is 1. The summed E-state index contributed by atoms with van der Waals surface area (Å²) in [6.45, 7) is 4.24. The lowest BCUT2D eigenvalue weighted by atomic mass is 9.82. The highest BCUT2D eigenvalue weighted by molar-refractivity contribution is 6.30. The first kappa shape index (κ1) is 16.6. The number of rotatable bonds is 4. The van der Waals surface area contributed by atoms with Crippen molar-refractivity contribution in [2.24, 2.45) is 5.41 Å². The number of nitrogens with zero attached hydrogens (tertiary/aromatic N) is 1. The number of amides is 1. The van der Waals surface area contributed by atoms with E-state index >= 15 is 0 Å². The molecule has 0 bridgehead atoms. The highest BCUT2D eigenvalue weighted by atomic mass is 35.5. The molecule has 1 amide bonds. The Bertz CT molecular complexity index is 590. The molecule has 1 N–H and O–H groups in total. The van der Waals surface area contributed by atoms with Gasteiger partial charge in [0.1, 0.15) is 5.75 Å². The summed E-state index contributed by atoms with van der Waals surface area (Å²) in [5.41, 5.74) is -0.0151. The fraction of sp³-hybridized carbons (Fsp3) is 0.500. The maximum atomic E-state index is 12.2. The lowest BCUT2D eigenvalue weighted by molar-refractivity contribution is -0.153. The van der Waals surface area contributed by atoms with E-state index in [-0.39, 0.29) is 19.1 Å². The van der Waals surface area contributed by atoms with E-state index in [9.17, 15) is 14.7 Å². The van der Waals surface area contributed by atoms with Gasteiger partial charge in [0.25, 0.3) is 5.91 Å². The maximum absolute atomic E-state index is 12.2. The Hall–Kier alpha value is -1.75. The van der Waals surface area contributed by atoms with Gasteiger partial charge in [0, 0.05) is 18.1 Å². The number of piperidine rings is 1. The van der Waals surface area contributed by atoms with Crippen LogP contribution in [0, 0.1) is 12.3 Å². The molecule has 6 heteroatoms. The zero-order valence-electron chi connectivity index (χ0n) is 12.8. The van der Waals surface area contributed by atoms with Gasteiger partial charge in [-0.2, -0.15) is 0 Å². The number of ether oxygens (including phenoxy) is 1. The van der Waals surface area contributed by atoms with Crippen LogP contribution in [-0.4, -0.2) is 41.6 Å². The average molecular weight is 326 g/mol. The minimum Gasteiger partial charge on any atom is -0.483 e. The second-order valence-electron chi connectivity index (χ2n) is 5.98. The van der Waals surface area contributed by atoms with Crippen molar-refractivity contribution in [1.29, 1.82) is 0 Å². The van der Waals surface area contributed by atoms with E-state index in [0.717, 1.165) is 5.56 Å². The van der Waals surface area contributed by atoms with Gasteiger partial charge in [-0.05, 0) is 50.5 Å². The van der Waals surface area contributed by atoms with Gasteiger partial charge in [-0.15, -0.1) is 0 Å². The molecule has 1 aliphatic heterocycles. The van der Waals surface area contributed by atoms with E-state index < -0.39 is 11.4 Å². The highest BCUT2D eigenvalue weighted by Gasteiger charge is 2.39. The second-order valence-corrected chi connectivity index (χ2v) is 6.42. The molecule has 1 heterocycles. The number of carboxylic acid groups (broad SMARTS) is 1. The fourth-order valence-corrected chi connectivity index (χ4v) is 2.86. The number of carbonyl (C=O) groups excluding carboxylic acids is 1. The zero-order chi connectivity index (χ0) is 16.3. The molecular formula is C16H20ClNO4. The minimum atomic E-state index is -0.871. The van der Waals surface area contributed by atoms with Crippen molar-refractivity contribution in [3.05, 3.63) is 28.8 Å². The summed E-state index contributed by atoms with van der Waals surface area (Å²) in [4.78, 5) is 25.1. The van der Waals surface area contributed by atoms with Crippen molar-refractivity contribution >= 4 is 23.5 Å². The van der Waals surface area contributed by atoms with Crippen LogP contribution in [0.4, 0.5) is 0 Å². The van der Waals surface area contributed by atoms with Gasteiger partial charge >= 0.3 is 5.97 Å². The first-order valence-corrected chi connectivity index (χ1v) is 7.60. The van der Waals surface area contributed by atoms with Crippen molar-refractivity contribution < 1.29 is 19.4 Å². The standard InChI is InChI=1S/C16H20ClNO4/c1-11-8-12(17)4-5-13(11)22-9-14(19)18-7-3-6-16(2,10-18)15(20)21/h4-5,8H,3,6-7,9-10H2,1-2H3,(H,20,21). The number of likely N-dealkylation sites (tertiary alicyclic amines) is 1. The van der Waals surface area contributed by atoms with E-state index in [2.05, 4.69) is 0 Å². The zero-order valence-corrected chi connectivity index (χ0v) is 13.5. The summed E-state index contributed by atoms with van der Waals surface area (Å²) >= 11 is 5.88. The van der Waals surface area contributed by atoms with E-state index in [1.54, 1.807) is 30.0 Å². The van der Waals surface area contributed by atoms with Crippen molar-refractivity contribution in [2.75, 3.05) is 19.7 Å². The summed E-state index contributed by atoms with van der Waals surface area (Å²) in [7, 11) is 0. The van der Waals surface area contributed by atoms with Crippen molar-refractivity contribution in [3.8, 4) is 5.75 Å². The summed E-state index contributed by atoms with van der Waals surface area (Å²) in [6, 6.07) is 5.20. The smallest absolute Gasteiger partial charge is 0.311 e. The predicted octanol–water partition coefficient (Wildman–Crippen LogP) is 2.74. The van der Waals surface area contributed by atoms with Gasteiger partial charge < -0.3 is 14.7 Å². The van der Waals surface area contributed by atoms with E-state index in [0.29, 0.717) is 30.2 Å². The summed E-state index contributed by atoms with van der Waals surface area (Å²) in [6.07, 6.45) is 1.28. The molecule has 0 saturated carbocycles. The van der Waals surface area contributed by atoms with Crippen LogP contribution in [0.5, 0.6) is 5.75 Å². The van der Waals surface area contributed by atoms with Crippen molar-refractivity contribution in [1.82, 2.24) is 4.90 Å². The lowest BCUT2D eigenvalue weighted by Gasteiger charge is -2.37. The van der Waals surface area contributed by atoms with Crippen LogP contribution in [0.25, 0.3) is 0 Å². The van der Waals surface area contributed by atoms with Crippen LogP contribution < -0.4 is 4.74 Å². The largest absolute Gasteiger partial charge is 0.483 e. The Labute approximate surface area is 134 Å². The Morgan fingerprint density at radius 2 is 2.18 bits per heavy atom. The molecule has 1 unspecified atom stereocenters. The van der Waals surface area contributed by atoms with E-state index in [4.69, 9.17) is 16.3 Å². The highest BCUT2D eigenvalue weighted by Crippen LogP contribution is 2.30. The quantitative estimate of drug-likeness (QED) is 0.924. The number of hydrogen-bond acceptors (Lipinski definition) is 3. The Morgan fingerprint density at radius 1 is 1.45 bits per heavy atom. The van der Waals surface area contributed by atoms with Gasteiger partial charge in [-0.3, -0.25) is 9.59 Å². The van der Waals surface area contributed by atoms with Crippen molar-refractivity contribution in [3.63, 3.8) is 0 Å². The third-order valence-electron chi connectivity index (χ3n) is 4.05. The van der Waals surface area contributed by atoms with Crippen molar-refractivity contribution in [2.45, 2.75) is 26.7 Å². The molecule has 0 spiro atoms. The third-order valence-corrected chi connectivity index (χ3v) is 4.29. The number of carboxylic acids is 1. The van der Waals surface area contributed by atoms with E-state index in [1.807, 2.05) is 6.92 Å². The molecule has 1 fully saturated rings. The summed E-state index contributed by atoms with van der Waals surface area (Å²) in [5, 5.41) is 9.90. The molecule has 5 nitrogen and oxygen atoms in total. The van der Waals surface area contributed by atoms with Gasteiger partial charge in [-0.25, -0.2) is 0 Å². The molecule has 0 aromatic heterocycles. The number of aliphatic carboxylic acids is 1. The average Bonchev–Trinajstić information content (AvgIpc) is 2.46. The lowest BCUT2D eigenvalue weighted by Crippen LogP contribution is -2.49. The normalized spacial score (nSPS) is 21.5. The minimum absolute atomic E-state index is 0.0990. The number of benzene rings is 1. The molecule has 22 heavy (non-hydrogen) atoms. The fourth-order valence-electron chi connectivity index (χ4n) is 2.63. The molecule has 1 aromatic carbocycles. The van der Waals surface area contributed by atoms with Gasteiger partial charge in [0.15, 0.2) is 6.61 Å². The predicted molar refractivity (Wildman–Crippen MR) is 83.2 cm³/mol. The van der Waals surface area contributed by atoms with Gasteiger partial charge in [-0.1, -0.05) is 11.6 Å². The molecule has 120 valence electrons. The topological polar surface area (TPSA) is 66.8 Å². The third kappa shape index (κ3) is 3.71. The van der Waals surface area contributed by atoms with Gasteiger partial charge in [0.05, 0.1) is 5.41 Å². The second kappa shape index (κ2) is 6.57. The molecular weight excluding hydrogens is 306 g/mol. The maximum Gasteiger partial charge on any atom is 0.311 e. The molecule has 0 aliphatic carbocycles. The van der Waals surface area contributed by atoms with Crippen LogP contribution in [0.3, 0.4) is 0 Å². The van der Waals surface area contributed by atoms with E-state index in [1.165, 1.54) is 0 Å². The first-order valence-electron chi connectivity index (χ1n) is 7.22. The summed E-state index contributed by atoms with van der Waals surface area (Å²) in [5.74, 6) is -0.447. The number of carbonyl (C=O) groups is 2. The van der Waals surface area contributed by atoms with Crippen LogP contribution >= 0.6 is 11.6 Å². The molecule has 1 aliphatic rings. The Morgan fingerprint density at radius 3 is 2.82 bits per heavy atom. The van der Waals surface area contributed by atoms with Crippen LogP contribution in [0.2, 0.25) is 5.02 Å². The molecule has 1 atom stereocenters. The number of halogens is 1. The first-order chi connectivity index (χ1) is 10.3. The molecule has 0 radical (unpaired) electrons. The van der Waals surface area contributed by atoms with Crippen LogP contribution in [-0.2, 0) is 9.59 Å². The monoisotopic (exact) mass is 325 g/mol. The molecule has 2 rings (SSSR count). The van der Waals surface area contributed by atoms with Crippen LogP contribution in [0.1, 0.15) is 25.3 Å². The SMILES string of the molecule is Cc1cc(Cl)ccc1OCC(=O)N1CCCC(C)(C(=O)O)C1. The Kier molecular flexibility index (Phi) is 4.96. The van der Waals surface area contributed by atoms with Gasteiger partial charge in [0.2, 0.25) is 0 Å². The summed E-state index contributed by atoms with van der Waals surface area (Å²) < 4.78 is 5.54. The van der Waals surface area contributed by atoms with Crippen LogP contribution in [0.15, 0.2) is 18.2 Å². The number of hydrogen-bond donors (Lipinski definition) is 1. The molecule has 1 aromatic rings.